The molecule has 34 heavy (non-hydrogen) atoms. The number of hydrogen-bond acceptors (Lipinski definition) is 5. The van der Waals surface area contributed by atoms with E-state index >= 15 is 0 Å². The minimum atomic E-state index is -4.62. The van der Waals surface area contributed by atoms with Crippen LogP contribution in [0.1, 0.15) is 34.1 Å². The van der Waals surface area contributed by atoms with Gasteiger partial charge in [-0.1, -0.05) is 6.92 Å². The molecule has 0 heterocycles. The zero-order valence-corrected chi connectivity index (χ0v) is 20.0. The highest BCUT2D eigenvalue weighted by atomic mass is 19.4. The fourth-order valence-corrected chi connectivity index (χ4v) is 0.992. The second kappa shape index (κ2) is 31.6. The number of carbonyl (C=O) groups excluding carboxylic acids is 1. The van der Waals surface area contributed by atoms with Gasteiger partial charge in [0.15, 0.2) is 6.67 Å². The normalized spacial score (nSPS) is 11.1. The molecule has 0 aliphatic heterocycles. The fraction of sp³-hybridized carbons (Fsp3) is 0.947. The summed E-state index contributed by atoms with van der Waals surface area (Å²) in [5.74, 6) is -0.557. The van der Waals surface area contributed by atoms with Gasteiger partial charge in [-0.15, -0.1) is 0 Å². The van der Waals surface area contributed by atoms with Crippen molar-refractivity contribution >= 4 is 5.97 Å². The monoisotopic (exact) mass is 534 g/mol. The SMILES string of the molecule is CCCF.CCOCOCCOC(=O)C(C)(C)COC(F)CF.CF.FCC(F)(F)F.FCF. The maximum atomic E-state index is 12.6. The average molecular weight is 534 g/mol. The lowest BCUT2D eigenvalue weighted by atomic mass is 9.95. The summed E-state index contributed by atoms with van der Waals surface area (Å²) in [4.78, 5) is 11.6. The Morgan fingerprint density at radius 3 is 1.68 bits per heavy atom. The Labute approximate surface area is 194 Å². The van der Waals surface area contributed by atoms with E-state index < -0.39 is 44.2 Å². The van der Waals surface area contributed by atoms with Gasteiger partial charge in [0, 0.05) is 6.61 Å². The highest BCUT2D eigenvalue weighted by molar-refractivity contribution is 5.76. The van der Waals surface area contributed by atoms with Gasteiger partial charge >= 0.3 is 12.1 Å². The molecule has 212 valence electrons. The van der Waals surface area contributed by atoms with Crippen molar-refractivity contribution < 1.29 is 67.6 Å². The summed E-state index contributed by atoms with van der Waals surface area (Å²) in [5.41, 5.74) is -1.04. The van der Waals surface area contributed by atoms with Gasteiger partial charge < -0.3 is 18.9 Å². The van der Waals surface area contributed by atoms with E-state index in [2.05, 4.69) is 4.74 Å². The van der Waals surface area contributed by atoms with Crippen LogP contribution >= 0.6 is 0 Å². The second-order valence-electron chi connectivity index (χ2n) is 5.95. The quantitative estimate of drug-likeness (QED) is 0.129. The standard InChI is InChI=1S/C12H22F2O5.C3H7F.C2H2F4.CH2F2.CH3F/c1-4-16-9-17-5-6-18-11(15)12(2,3)8-19-10(14)7-13;1-2-3-4;3-1-2(4,5)6;2-1-3;1-2/h10H,4-9H2,1-3H3;2-3H2,1H3;1H2;1H2;1H3. The van der Waals surface area contributed by atoms with Crippen LogP contribution in [0.4, 0.5) is 43.9 Å². The van der Waals surface area contributed by atoms with E-state index in [0.29, 0.717) is 20.2 Å². The lowest BCUT2D eigenvalue weighted by Crippen LogP contribution is -2.33. The molecular weight excluding hydrogens is 498 g/mol. The summed E-state index contributed by atoms with van der Waals surface area (Å²) in [6.07, 6.45) is -5.98. The smallest absolute Gasteiger partial charge is 0.416 e. The first-order chi connectivity index (χ1) is 15.8. The molecule has 0 aliphatic carbocycles. The van der Waals surface area contributed by atoms with Crippen LogP contribution in [0.3, 0.4) is 0 Å². The van der Waals surface area contributed by atoms with Gasteiger partial charge in [0.05, 0.1) is 32.5 Å². The molecule has 0 saturated carbocycles. The summed E-state index contributed by atoms with van der Waals surface area (Å²) in [5, 5.41) is 0. The van der Waals surface area contributed by atoms with E-state index in [1.54, 1.807) is 6.92 Å². The van der Waals surface area contributed by atoms with E-state index in [0.717, 1.165) is 0 Å². The topological polar surface area (TPSA) is 54.0 Å². The maximum Gasteiger partial charge on any atom is 0.416 e. The predicted octanol–water partition coefficient (Wildman–Crippen LogP) is 6.20. The van der Waals surface area contributed by atoms with Crippen molar-refractivity contribution in [3.63, 3.8) is 0 Å². The van der Waals surface area contributed by atoms with Crippen molar-refractivity contribution in [3.8, 4) is 0 Å². The molecule has 0 amide bonds. The highest BCUT2D eigenvalue weighted by Crippen LogP contribution is 2.19. The zero-order chi connectivity index (χ0) is 28.1. The molecule has 0 aliphatic rings. The molecule has 0 aromatic carbocycles. The molecule has 0 saturated heterocycles. The van der Waals surface area contributed by atoms with Crippen LogP contribution < -0.4 is 0 Å². The molecule has 0 N–H and O–H groups in total. The van der Waals surface area contributed by atoms with Crippen molar-refractivity contribution in [3.05, 3.63) is 0 Å². The van der Waals surface area contributed by atoms with E-state index in [-0.39, 0.29) is 33.3 Å². The molecule has 0 radical (unpaired) electrons. The molecular formula is C19H36F10O5. The van der Waals surface area contributed by atoms with Crippen LogP contribution in [0.5, 0.6) is 0 Å². The van der Waals surface area contributed by atoms with Crippen molar-refractivity contribution in [1.82, 2.24) is 0 Å². The summed E-state index contributed by atoms with van der Waals surface area (Å²) >= 11 is 0. The number of alkyl halides is 10. The number of rotatable bonds is 12. The lowest BCUT2D eigenvalue weighted by Gasteiger charge is -2.22. The summed E-state index contributed by atoms with van der Waals surface area (Å²) < 4.78 is 125. The Morgan fingerprint density at radius 1 is 0.912 bits per heavy atom. The third-order valence-corrected chi connectivity index (χ3v) is 2.47. The van der Waals surface area contributed by atoms with E-state index in [1.165, 1.54) is 13.8 Å². The van der Waals surface area contributed by atoms with E-state index in [1.807, 2.05) is 6.92 Å². The Morgan fingerprint density at radius 2 is 1.35 bits per heavy atom. The zero-order valence-electron chi connectivity index (χ0n) is 20.0. The molecule has 0 spiro atoms. The van der Waals surface area contributed by atoms with Gasteiger partial charge in [0.2, 0.25) is 13.3 Å². The Balaban J connectivity index is -0.000000152. The van der Waals surface area contributed by atoms with Crippen LogP contribution in [0.25, 0.3) is 0 Å². The molecule has 0 bridgehead atoms. The molecule has 0 fully saturated rings. The van der Waals surface area contributed by atoms with Crippen LogP contribution in [-0.2, 0) is 23.7 Å². The number of ether oxygens (including phenoxy) is 4. The third-order valence-electron chi connectivity index (χ3n) is 2.47. The summed E-state index contributed by atoms with van der Waals surface area (Å²) in [6, 6.07) is 0. The van der Waals surface area contributed by atoms with Gasteiger partial charge in [-0.3, -0.25) is 13.6 Å². The maximum absolute atomic E-state index is 12.6. The molecule has 0 aromatic heterocycles. The van der Waals surface area contributed by atoms with Gasteiger partial charge in [-0.2, -0.15) is 13.2 Å². The van der Waals surface area contributed by atoms with Gasteiger partial charge in [-0.05, 0) is 27.2 Å². The van der Waals surface area contributed by atoms with Gasteiger partial charge in [0.1, 0.15) is 20.1 Å². The largest absolute Gasteiger partial charge is 0.463 e. The predicted molar refractivity (Wildman–Crippen MR) is 106 cm³/mol. The van der Waals surface area contributed by atoms with Crippen molar-refractivity contribution in [2.45, 2.75) is 46.6 Å². The third kappa shape index (κ3) is 44.3. The number of carbonyl (C=O) groups is 1. The minimum absolute atomic E-state index is 0.0670. The Bertz CT molecular complexity index is 387. The molecule has 15 heteroatoms. The summed E-state index contributed by atoms with van der Waals surface area (Å²) in [6.45, 7) is 2.00. The van der Waals surface area contributed by atoms with Crippen LogP contribution in [0, 0.1) is 5.41 Å². The number of esters is 1. The Kier molecular flexibility index (Phi) is 39.8. The molecule has 1 atom stereocenters. The highest BCUT2D eigenvalue weighted by Gasteiger charge is 2.31. The summed E-state index contributed by atoms with van der Waals surface area (Å²) in [7, 11) is 0.500. The van der Waals surface area contributed by atoms with Crippen molar-refractivity contribution in [2.24, 2.45) is 5.41 Å². The lowest BCUT2D eigenvalue weighted by molar-refractivity contribution is -0.165. The molecule has 1 unspecified atom stereocenters. The first kappa shape index (κ1) is 42.8. The van der Waals surface area contributed by atoms with Crippen LogP contribution in [0.15, 0.2) is 0 Å². The molecule has 0 aromatic rings. The average Bonchev–Trinajstić information content (AvgIpc) is 2.81. The van der Waals surface area contributed by atoms with Gasteiger partial charge in [-0.25, -0.2) is 22.0 Å². The van der Waals surface area contributed by atoms with Crippen LogP contribution in [-0.4, -0.2) is 85.9 Å². The number of halogens is 10. The second-order valence-corrected chi connectivity index (χ2v) is 5.95. The fourth-order valence-electron chi connectivity index (χ4n) is 0.992. The van der Waals surface area contributed by atoms with Crippen molar-refractivity contribution in [1.29, 1.82) is 0 Å². The van der Waals surface area contributed by atoms with Gasteiger partial charge in [0.25, 0.3) is 0 Å². The number of hydrogen-bond donors (Lipinski definition) is 0. The minimum Gasteiger partial charge on any atom is -0.463 e. The Hall–Kier alpha value is -1.35. The molecule has 0 rings (SSSR count). The van der Waals surface area contributed by atoms with Crippen molar-refractivity contribution in [2.75, 3.05) is 67.4 Å². The van der Waals surface area contributed by atoms with E-state index in [4.69, 9.17) is 14.2 Å². The first-order valence-electron chi connectivity index (χ1n) is 9.66. The molecule has 5 nitrogen and oxygen atoms in total. The first-order valence-corrected chi connectivity index (χ1v) is 9.66. The van der Waals surface area contributed by atoms with Crippen LogP contribution in [0.2, 0.25) is 0 Å². The van der Waals surface area contributed by atoms with E-state index in [9.17, 15) is 48.7 Å².